The number of rotatable bonds is 5. The molecule has 0 aromatic carbocycles. The van der Waals surface area contributed by atoms with E-state index in [1.165, 1.54) is 0 Å². The molecule has 2 heterocycles. The molecule has 6 nitrogen and oxygen atoms in total. The summed E-state index contributed by atoms with van der Waals surface area (Å²) < 4.78 is 0. The smallest absolute Gasteiger partial charge is 0.206 e. The SMILES string of the molecule is CCCN(CCC)c1ncnc2n[nH]nc12. The number of aromatic amines is 1. The third-order valence-corrected chi connectivity index (χ3v) is 2.39. The molecule has 86 valence electrons. The Morgan fingerprint density at radius 2 is 1.88 bits per heavy atom. The second kappa shape index (κ2) is 4.87. The van der Waals surface area contributed by atoms with Crippen molar-refractivity contribution in [2.24, 2.45) is 0 Å². The van der Waals surface area contributed by atoms with Gasteiger partial charge in [0.25, 0.3) is 0 Å². The van der Waals surface area contributed by atoms with Crippen LogP contribution in [0.1, 0.15) is 26.7 Å². The highest BCUT2D eigenvalue weighted by atomic mass is 15.4. The van der Waals surface area contributed by atoms with Crippen LogP contribution >= 0.6 is 0 Å². The zero-order valence-corrected chi connectivity index (χ0v) is 9.64. The summed E-state index contributed by atoms with van der Waals surface area (Å²) in [7, 11) is 0. The Morgan fingerprint density at radius 3 is 2.56 bits per heavy atom. The Labute approximate surface area is 94.1 Å². The van der Waals surface area contributed by atoms with Crippen molar-refractivity contribution in [2.45, 2.75) is 26.7 Å². The van der Waals surface area contributed by atoms with E-state index in [9.17, 15) is 0 Å². The van der Waals surface area contributed by atoms with Gasteiger partial charge < -0.3 is 4.90 Å². The summed E-state index contributed by atoms with van der Waals surface area (Å²) in [5.41, 5.74) is 1.38. The van der Waals surface area contributed by atoms with E-state index in [1.54, 1.807) is 6.33 Å². The van der Waals surface area contributed by atoms with Crippen molar-refractivity contribution in [2.75, 3.05) is 18.0 Å². The number of hydrogen-bond acceptors (Lipinski definition) is 5. The van der Waals surface area contributed by atoms with Gasteiger partial charge in [-0.15, -0.1) is 5.10 Å². The molecular formula is C10H16N6. The number of fused-ring (bicyclic) bond motifs is 1. The molecule has 1 N–H and O–H groups in total. The summed E-state index contributed by atoms with van der Waals surface area (Å²) in [6.45, 7) is 6.27. The van der Waals surface area contributed by atoms with E-state index in [0.717, 1.165) is 37.3 Å². The van der Waals surface area contributed by atoms with Crippen LogP contribution in [0.15, 0.2) is 6.33 Å². The summed E-state index contributed by atoms with van der Waals surface area (Å²) in [5, 5.41) is 10.7. The minimum absolute atomic E-state index is 0.627. The second-order valence-corrected chi connectivity index (χ2v) is 3.68. The number of aromatic nitrogens is 5. The highest BCUT2D eigenvalue weighted by Gasteiger charge is 2.13. The molecule has 0 unspecified atom stereocenters. The molecule has 2 aromatic rings. The lowest BCUT2D eigenvalue weighted by Crippen LogP contribution is -2.26. The number of H-pyrrole nitrogens is 1. The van der Waals surface area contributed by atoms with E-state index in [2.05, 4.69) is 44.1 Å². The second-order valence-electron chi connectivity index (χ2n) is 3.68. The van der Waals surface area contributed by atoms with E-state index in [-0.39, 0.29) is 0 Å². The van der Waals surface area contributed by atoms with Crippen molar-refractivity contribution in [1.29, 1.82) is 0 Å². The number of anilines is 1. The van der Waals surface area contributed by atoms with Gasteiger partial charge in [-0.2, -0.15) is 10.3 Å². The van der Waals surface area contributed by atoms with Gasteiger partial charge in [0.15, 0.2) is 11.3 Å². The van der Waals surface area contributed by atoms with Crippen LogP contribution in [-0.4, -0.2) is 38.5 Å². The normalized spacial score (nSPS) is 10.9. The van der Waals surface area contributed by atoms with Gasteiger partial charge in [-0.3, -0.25) is 0 Å². The number of nitrogens with one attached hydrogen (secondary N) is 1. The molecule has 0 aliphatic carbocycles. The molecule has 0 radical (unpaired) electrons. The summed E-state index contributed by atoms with van der Waals surface area (Å²) in [6.07, 6.45) is 3.71. The van der Waals surface area contributed by atoms with Crippen LogP contribution in [0.3, 0.4) is 0 Å². The molecule has 0 saturated carbocycles. The van der Waals surface area contributed by atoms with Crippen LogP contribution in [0.4, 0.5) is 5.82 Å². The first kappa shape index (κ1) is 10.8. The summed E-state index contributed by atoms with van der Waals surface area (Å²) >= 11 is 0. The fourth-order valence-corrected chi connectivity index (χ4v) is 1.76. The van der Waals surface area contributed by atoms with Crippen LogP contribution in [0.25, 0.3) is 11.2 Å². The summed E-state index contributed by atoms with van der Waals surface area (Å²) in [5.74, 6) is 0.877. The Kier molecular flexibility index (Phi) is 3.28. The lowest BCUT2D eigenvalue weighted by atomic mass is 10.3. The van der Waals surface area contributed by atoms with Crippen LogP contribution in [-0.2, 0) is 0 Å². The molecule has 0 aliphatic rings. The van der Waals surface area contributed by atoms with Crippen LogP contribution in [0, 0.1) is 0 Å². The maximum absolute atomic E-state index is 4.31. The lowest BCUT2D eigenvalue weighted by Gasteiger charge is -2.21. The van der Waals surface area contributed by atoms with Gasteiger partial charge in [0.05, 0.1) is 0 Å². The molecule has 16 heavy (non-hydrogen) atoms. The first-order chi connectivity index (χ1) is 7.86. The number of hydrogen-bond donors (Lipinski definition) is 1. The molecule has 0 saturated heterocycles. The Morgan fingerprint density at radius 1 is 1.12 bits per heavy atom. The van der Waals surface area contributed by atoms with Gasteiger partial charge in [-0.05, 0) is 12.8 Å². The average molecular weight is 220 g/mol. The van der Waals surface area contributed by atoms with Crippen LogP contribution in [0.5, 0.6) is 0 Å². The Hall–Kier alpha value is -1.72. The largest absolute Gasteiger partial charge is 0.355 e. The van der Waals surface area contributed by atoms with Gasteiger partial charge >= 0.3 is 0 Å². The van der Waals surface area contributed by atoms with Gasteiger partial charge in [-0.25, -0.2) is 9.97 Å². The molecule has 2 aromatic heterocycles. The quantitative estimate of drug-likeness (QED) is 0.824. The van der Waals surface area contributed by atoms with E-state index >= 15 is 0 Å². The topological polar surface area (TPSA) is 70.6 Å². The molecular weight excluding hydrogens is 204 g/mol. The predicted molar refractivity (Wildman–Crippen MR) is 62.3 cm³/mol. The molecule has 0 fully saturated rings. The highest BCUT2D eigenvalue weighted by molar-refractivity contribution is 5.81. The van der Waals surface area contributed by atoms with Crippen molar-refractivity contribution < 1.29 is 0 Å². The Balaban J connectivity index is 2.38. The predicted octanol–water partition coefficient (Wildman–Crippen LogP) is 1.37. The first-order valence-electron chi connectivity index (χ1n) is 5.63. The van der Waals surface area contributed by atoms with Crippen molar-refractivity contribution in [1.82, 2.24) is 25.4 Å². The van der Waals surface area contributed by atoms with Gasteiger partial charge in [-0.1, -0.05) is 13.8 Å². The van der Waals surface area contributed by atoms with E-state index < -0.39 is 0 Å². The lowest BCUT2D eigenvalue weighted by molar-refractivity contribution is 0.735. The van der Waals surface area contributed by atoms with Crippen molar-refractivity contribution in [3.8, 4) is 0 Å². The summed E-state index contributed by atoms with van der Waals surface area (Å²) in [6, 6.07) is 0. The monoisotopic (exact) mass is 220 g/mol. The minimum atomic E-state index is 0.627. The molecule has 6 heteroatoms. The van der Waals surface area contributed by atoms with Gasteiger partial charge in [0, 0.05) is 13.1 Å². The maximum atomic E-state index is 4.31. The third-order valence-electron chi connectivity index (χ3n) is 2.39. The molecule has 0 spiro atoms. The van der Waals surface area contributed by atoms with Gasteiger partial charge in [0.2, 0.25) is 5.65 Å². The fraction of sp³-hybridized carbons (Fsp3) is 0.600. The van der Waals surface area contributed by atoms with Crippen molar-refractivity contribution >= 4 is 17.0 Å². The summed E-state index contributed by atoms with van der Waals surface area (Å²) in [4.78, 5) is 10.6. The van der Waals surface area contributed by atoms with Crippen LogP contribution in [0.2, 0.25) is 0 Å². The molecule has 0 aliphatic heterocycles. The van der Waals surface area contributed by atoms with E-state index in [4.69, 9.17) is 0 Å². The highest BCUT2D eigenvalue weighted by Crippen LogP contribution is 2.19. The van der Waals surface area contributed by atoms with E-state index in [1.807, 2.05) is 0 Å². The van der Waals surface area contributed by atoms with Crippen LogP contribution < -0.4 is 4.90 Å². The standard InChI is InChI=1S/C10H16N6/c1-3-5-16(6-4-2)10-8-9(11-7-12-10)14-15-13-8/h7H,3-6H2,1-2H3,(H,11,12,13,14,15). The fourth-order valence-electron chi connectivity index (χ4n) is 1.76. The molecule has 0 bridgehead atoms. The molecule has 2 rings (SSSR count). The van der Waals surface area contributed by atoms with Crippen molar-refractivity contribution in [3.63, 3.8) is 0 Å². The maximum Gasteiger partial charge on any atom is 0.206 e. The third kappa shape index (κ3) is 1.95. The van der Waals surface area contributed by atoms with Crippen molar-refractivity contribution in [3.05, 3.63) is 6.33 Å². The average Bonchev–Trinajstić information content (AvgIpc) is 2.76. The number of nitrogens with zero attached hydrogens (tertiary/aromatic N) is 5. The Bertz CT molecular complexity index is 445. The minimum Gasteiger partial charge on any atom is -0.355 e. The first-order valence-corrected chi connectivity index (χ1v) is 5.63. The van der Waals surface area contributed by atoms with Gasteiger partial charge in [0.1, 0.15) is 6.33 Å². The molecule has 0 amide bonds. The van der Waals surface area contributed by atoms with E-state index in [0.29, 0.717) is 5.65 Å². The zero-order valence-electron chi connectivity index (χ0n) is 9.64. The molecule has 0 atom stereocenters. The zero-order chi connectivity index (χ0) is 11.4.